The van der Waals surface area contributed by atoms with Crippen molar-refractivity contribution in [1.29, 1.82) is 0 Å². The number of rotatable bonds is 6. The van der Waals surface area contributed by atoms with Crippen LogP contribution in [0.1, 0.15) is 24.2 Å². The molecule has 0 aliphatic heterocycles. The number of anilines is 1. The van der Waals surface area contributed by atoms with Crippen LogP contribution < -0.4 is 5.32 Å². The molecule has 4 heteroatoms. The van der Waals surface area contributed by atoms with Crippen molar-refractivity contribution in [2.45, 2.75) is 19.9 Å². The average molecular weight is 250 g/mol. The van der Waals surface area contributed by atoms with Crippen LogP contribution in [0.3, 0.4) is 0 Å². The van der Waals surface area contributed by atoms with Crippen molar-refractivity contribution in [3.05, 3.63) is 29.8 Å². The molecular formula is C14H22N2O2. The van der Waals surface area contributed by atoms with Crippen LogP contribution in [-0.2, 0) is 4.74 Å². The van der Waals surface area contributed by atoms with Gasteiger partial charge in [0.25, 0.3) is 5.91 Å². The van der Waals surface area contributed by atoms with E-state index in [9.17, 15) is 4.79 Å². The lowest BCUT2D eigenvalue weighted by Gasteiger charge is -2.28. The first-order valence-electron chi connectivity index (χ1n) is 6.22. The molecular weight excluding hydrogens is 228 g/mol. The van der Waals surface area contributed by atoms with Gasteiger partial charge in [-0.05, 0) is 26.0 Å². The van der Waals surface area contributed by atoms with Gasteiger partial charge in [-0.3, -0.25) is 4.79 Å². The summed E-state index contributed by atoms with van der Waals surface area (Å²) in [4.78, 5) is 14.3. The van der Waals surface area contributed by atoms with E-state index in [-0.39, 0.29) is 11.9 Å². The number of methoxy groups -OCH3 is 1. The van der Waals surface area contributed by atoms with Crippen LogP contribution in [0.5, 0.6) is 0 Å². The molecule has 0 radical (unpaired) electrons. The Morgan fingerprint density at radius 2 is 2.11 bits per heavy atom. The third kappa shape index (κ3) is 3.23. The molecule has 1 aromatic rings. The SMILES string of the molecule is CCN(C(=O)c1ccccc1NC)C(C)COC. The number of para-hydroxylation sites is 1. The quantitative estimate of drug-likeness (QED) is 0.841. The van der Waals surface area contributed by atoms with Crippen LogP contribution in [0.2, 0.25) is 0 Å². The maximum absolute atomic E-state index is 12.5. The molecule has 0 aromatic heterocycles. The lowest BCUT2D eigenvalue weighted by atomic mass is 10.1. The van der Waals surface area contributed by atoms with Crippen LogP contribution in [-0.4, -0.2) is 44.2 Å². The molecule has 100 valence electrons. The van der Waals surface area contributed by atoms with E-state index < -0.39 is 0 Å². The minimum absolute atomic E-state index is 0.0343. The topological polar surface area (TPSA) is 41.6 Å². The van der Waals surface area contributed by atoms with E-state index >= 15 is 0 Å². The predicted molar refractivity (Wildman–Crippen MR) is 74.0 cm³/mol. The van der Waals surface area contributed by atoms with E-state index in [2.05, 4.69) is 5.32 Å². The van der Waals surface area contributed by atoms with Gasteiger partial charge in [-0.25, -0.2) is 0 Å². The van der Waals surface area contributed by atoms with Crippen LogP contribution in [0, 0.1) is 0 Å². The Kier molecular flexibility index (Phi) is 5.65. The number of carbonyl (C=O) groups excluding carboxylic acids is 1. The molecule has 0 spiro atoms. The number of amides is 1. The van der Waals surface area contributed by atoms with Crippen LogP contribution in [0.15, 0.2) is 24.3 Å². The molecule has 4 nitrogen and oxygen atoms in total. The van der Waals surface area contributed by atoms with Gasteiger partial charge < -0.3 is 15.0 Å². The number of benzene rings is 1. The Bertz CT molecular complexity index is 393. The van der Waals surface area contributed by atoms with Crippen molar-refractivity contribution in [3.63, 3.8) is 0 Å². The molecule has 1 aromatic carbocycles. The number of likely N-dealkylation sites (N-methyl/N-ethyl adjacent to an activating group) is 1. The number of hydrogen-bond donors (Lipinski definition) is 1. The summed E-state index contributed by atoms with van der Waals surface area (Å²) in [5.74, 6) is 0.0343. The second-order valence-electron chi connectivity index (χ2n) is 4.19. The van der Waals surface area contributed by atoms with Gasteiger partial charge in [-0.15, -0.1) is 0 Å². The zero-order valence-corrected chi connectivity index (χ0v) is 11.6. The Labute approximate surface area is 109 Å². The summed E-state index contributed by atoms with van der Waals surface area (Å²) in [5, 5.41) is 3.05. The van der Waals surface area contributed by atoms with Crippen molar-refractivity contribution >= 4 is 11.6 Å². The van der Waals surface area contributed by atoms with Crippen molar-refractivity contribution < 1.29 is 9.53 Å². The summed E-state index contributed by atoms with van der Waals surface area (Å²) >= 11 is 0. The molecule has 1 rings (SSSR count). The molecule has 1 atom stereocenters. The second-order valence-corrected chi connectivity index (χ2v) is 4.19. The van der Waals surface area contributed by atoms with E-state index in [4.69, 9.17) is 4.74 Å². The molecule has 0 heterocycles. The Hall–Kier alpha value is -1.55. The number of carbonyl (C=O) groups is 1. The lowest BCUT2D eigenvalue weighted by Crippen LogP contribution is -2.41. The van der Waals surface area contributed by atoms with E-state index in [1.54, 1.807) is 7.11 Å². The fourth-order valence-corrected chi connectivity index (χ4v) is 2.03. The van der Waals surface area contributed by atoms with Gasteiger partial charge in [-0.2, -0.15) is 0 Å². The number of nitrogens with one attached hydrogen (secondary N) is 1. The standard InChI is InChI=1S/C14H22N2O2/c1-5-16(11(2)10-18-4)14(17)12-8-6-7-9-13(12)15-3/h6-9,11,15H,5,10H2,1-4H3. The van der Waals surface area contributed by atoms with Crippen molar-refractivity contribution in [1.82, 2.24) is 4.90 Å². The molecule has 1 unspecified atom stereocenters. The Balaban J connectivity index is 2.96. The third-order valence-electron chi connectivity index (χ3n) is 2.97. The van der Waals surface area contributed by atoms with Crippen LogP contribution >= 0.6 is 0 Å². The number of ether oxygens (including phenoxy) is 1. The van der Waals surface area contributed by atoms with E-state index in [1.165, 1.54) is 0 Å². The summed E-state index contributed by atoms with van der Waals surface area (Å²) < 4.78 is 5.12. The number of nitrogens with zero attached hydrogens (tertiary/aromatic N) is 1. The molecule has 0 aliphatic carbocycles. The van der Waals surface area contributed by atoms with Crippen LogP contribution in [0.25, 0.3) is 0 Å². The first kappa shape index (κ1) is 14.5. The van der Waals surface area contributed by atoms with Crippen molar-refractivity contribution in [2.75, 3.05) is 32.6 Å². The number of hydrogen-bond acceptors (Lipinski definition) is 3. The molecule has 1 amide bonds. The van der Waals surface area contributed by atoms with Gasteiger partial charge in [0.15, 0.2) is 0 Å². The van der Waals surface area contributed by atoms with Gasteiger partial charge in [0.2, 0.25) is 0 Å². The fourth-order valence-electron chi connectivity index (χ4n) is 2.03. The molecule has 1 N–H and O–H groups in total. The molecule has 18 heavy (non-hydrogen) atoms. The average Bonchev–Trinajstić information content (AvgIpc) is 2.39. The summed E-state index contributed by atoms with van der Waals surface area (Å²) in [7, 11) is 3.47. The highest BCUT2D eigenvalue weighted by Crippen LogP contribution is 2.17. The third-order valence-corrected chi connectivity index (χ3v) is 2.97. The highest BCUT2D eigenvalue weighted by molar-refractivity contribution is 5.99. The molecule has 0 fully saturated rings. The summed E-state index contributed by atoms with van der Waals surface area (Å²) in [6, 6.07) is 7.61. The summed E-state index contributed by atoms with van der Waals surface area (Å²) in [5.41, 5.74) is 1.55. The maximum Gasteiger partial charge on any atom is 0.256 e. The molecule has 0 aliphatic rings. The van der Waals surface area contributed by atoms with E-state index in [0.29, 0.717) is 18.7 Å². The minimum atomic E-state index is 0.0343. The molecule has 0 bridgehead atoms. The Morgan fingerprint density at radius 1 is 1.44 bits per heavy atom. The molecule has 0 saturated carbocycles. The minimum Gasteiger partial charge on any atom is -0.387 e. The monoisotopic (exact) mass is 250 g/mol. The zero-order valence-electron chi connectivity index (χ0n) is 11.6. The second kappa shape index (κ2) is 7.01. The van der Waals surface area contributed by atoms with E-state index in [0.717, 1.165) is 5.69 Å². The zero-order chi connectivity index (χ0) is 13.5. The van der Waals surface area contributed by atoms with Crippen LogP contribution in [0.4, 0.5) is 5.69 Å². The van der Waals surface area contributed by atoms with Gasteiger partial charge in [0, 0.05) is 26.4 Å². The van der Waals surface area contributed by atoms with Gasteiger partial charge in [0.05, 0.1) is 18.2 Å². The summed E-state index contributed by atoms with van der Waals surface area (Å²) in [6.07, 6.45) is 0. The first-order valence-corrected chi connectivity index (χ1v) is 6.22. The van der Waals surface area contributed by atoms with Gasteiger partial charge in [-0.1, -0.05) is 12.1 Å². The fraction of sp³-hybridized carbons (Fsp3) is 0.500. The highest BCUT2D eigenvalue weighted by atomic mass is 16.5. The smallest absolute Gasteiger partial charge is 0.256 e. The maximum atomic E-state index is 12.5. The van der Waals surface area contributed by atoms with Crippen molar-refractivity contribution in [2.24, 2.45) is 0 Å². The van der Waals surface area contributed by atoms with Gasteiger partial charge in [0.1, 0.15) is 0 Å². The van der Waals surface area contributed by atoms with Gasteiger partial charge >= 0.3 is 0 Å². The molecule has 0 saturated heterocycles. The van der Waals surface area contributed by atoms with E-state index in [1.807, 2.05) is 50.1 Å². The summed E-state index contributed by atoms with van der Waals surface area (Å²) in [6.45, 7) is 5.18. The first-order chi connectivity index (χ1) is 8.65. The largest absolute Gasteiger partial charge is 0.387 e. The predicted octanol–water partition coefficient (Wildman–Crippen LogP) is 2.23. The normalized spacial score (nSPS) is 12.0. The lowest BCUT2D eigenvalue weighted by molar-refractivity contribution is 0.0580. The highest BCUT2D eigenvalue weighted by Gasteiger charge is 2.21. The van der Waals surface area contributed by atoms with Crippen molar-refractivity contribution in [3.8, 4) is 0 Å². The Morgan fingerprint density at radius 3 is 2.67 bits per heavy atom.